The van der Waals surface area contributed by atoms with Crippen LogP contribution in [0.3, 0.4) is 0 Å². The Morgan fingerprint density at radius 1 is 1.00 bits per heavy atom. The van der Waals surface area contributed by atoms with E-state index in [0.717, 1.165) is 11.3 Å². The summed E-state index contributed by atoms with van der Waals surface area (Å²) >= 11 is 0. The number of hydrogen-bond donors (Lipinski definition) is 0. The van der Waals surface area contributed by atoms with Gasteiger partial charge in [0.15, 0.2) is 6.20 Å². The average molecular weight is 228 g/mol. The van der Waals surface area contributed by atoms with Gasteiger partial charge in [-0.1, -0.05) is 12.1 Å². The molecule has 0 atom stereocenters. The lowest BCUT2D eigenvalue weighted by atomic mass is 10.00. The maximum absolute atomic E-state index is 5.55. The van der Waals surface area contributed by atoms with Crippen molar-refractivity contribution >= 4 is 0 Å². The third-order valence-corrected chi connectivity index (χ3v) is 3.08. The highest BCUT2D eigenvalue weighted by molar-refractivity contribution is 5.70. The lowest BCUT2D eigenvalue weighted by Gasteiger charge is -2.12. The molecule has 17 heavy (non-hydrogen) atoms. The van der Waals surface area contributed by atoms with Gasteiger partial charge < -0.3 is 4.74 Å². The molecule has 0 fully saturated rings. The predicted octanol–water partition coefficient (Wildman–Crippen LogP) is 2.80. The molecule has 0 bridgehead atoms. The molecule has 2 rings (SSSR count). The van der Waals surface area contributed by atoms with Crippen LogP contribution >= 0.6 is 0 Å². The van der Waals surface area contributed by atoms with Crippen molar-refractivity contribution in [2.24, 2.45) is 7.05 Å². The van der Waals surface area contributed by atoms with Crippen LogP contribution in [0.1, 0.15) is 11.1 Å². The van der Waals surface area contributed by atoms with E-state index < -0.39 is 0 Å². The number of hydrogen-bond acceptors (Lipinski definition) is 1. The first kappa shape index (κ1) is 11.6. The maximum atomic E-state index is 5.55. The van der Waals surface area contributed by atoms with Crippen molar-refractivity contribution in [3.8, 4) is 17.0 Å². The van der Waals surface area contributed by atoms with Crippen molar-refractivity contribution in [2.45, 2.75) is 13.8 Å². The number of benzene rings is 1. The van der Waals surface area contributed by atoms with Crippen molar-refractivity contribution in [2.75, 3.05) is 7.11 Å². The number of nitrogens with zero attached hydrogens (tertiary/aromatic N) is 1. The number of aryl methyl sites for hydroxylation is 3. The molecule has 0 amide bonds. The van der Waals surface area contributed by atoms with E-state index in [0.29, 0.717) is 0 Å². The number of methoxy groups -OCH3 is 1. The molecule has 0 unspecified atom stereocenters. The van der Waals surface area contributed by atoms with E-state index >= 15 is 0 Å². The molecule has 0 N–H and O–H groups in total. The average Bonchev–Trinajstić information content (AvgIpc) is 2.33. The van der Waals surface area contributed by atoms with Gasteiger partial charge in [-0.05, 0) is 31.0 Å². The van der Waals surface area contributed by atoms with Gasteiger partial charge in [-0.15, -0.1) is 0 Å². The molecule has 0 aliphatic rings. The zero-order valence-electron chi connectivity index (χ0n) is 10.8. The summed E-state index contributed by atoms with van der Waals surface area (Å²) in [5.41, 5.74) is 4.74. The van der Waals surface area contributed by atoms with Crippen LogP contribution in [-0.4, -0.2) is 7.11 Å². The summed E-state index contributed by atoms with van der Waals surface area (Å²) < 4.78 is 7.67. The molecule has 88 valence electrons. The van der Waals surface area contributed by atoms with E-state index in [1.807, 2.05) is 6.07 Å². The second-order valence-corrected chi connectivity index (χ2v) is 4.30. The second kappa shape index (κ2) is 4.58. The minimum Gasteiger partial charge on any atom is -0.496 e. The normalized spacial score (nSPS) is 10.4. The first-order valence-electron chi connectivity index (χ1n) is 5.74. The van der Waals surface area contributed by atoms with Crippen molar-refractivity contribution in [1.29, 1.82) is 0 Å². The summed E-state index contributed by atoms with van der Waals surface area (Å²) in [6.07, 6.45) is 2.05. The van der Waals surface area contributed by atoms with Crippen LogP contribution in [0.2, 0.25) is 0 Å². The summed E-state index contributed by atoms with van der Waals surface area (Å²) in [5.74, 6) is 0.965. The fraction of sp³-hybridized carbons (Fsp3) is 0.267. The topological polar surface area (TPSA) is 13.1 Å². The van der Waals surface area contributed by atoms with Gasteiger partial charge in [0, 0.05) is 12.1 Å². The summed E-state index contributed by atoms with van der Waals surface area (Å²) in [6, 6.07) is 10.4. The Kier molecular flexibility index (Phi) is 3.14. The molecule has 0 saturated carbocycles. The van der Waals surface area contributed by atoms with E-state index in [9.17, 15) is 0 Å². The summed E-state index contributed by atoms with van der Waals surface area (Å²) in [7, 11) is 3.78. The standard InChI is InChI=1S/C15H18NO/c1-11-8-9-12(2)15(17-4)14(11)13-7-5-6-10-16(13)3/h5-10H,1-4H3/q+1. The first-order chi connectivity index (χ1) is 8.15. The van der Waals surface area contributed by atoms with Gasteiger partial charge in [0.05, 0.1) is 12.7 Å². The largest absolute Gasteiger partial charge is 0.496 e. The second-order valence-electron chi connectivity index (χ2n) is 4.30. The van der Waals surface area contributed by atoms with Crippen LogP contribution in [0.25, 0.3) is 11.3 Å². The molecule has 2 heteroatoms. The van der Waals surface area contributed by atoms with Crippen molar-refractivity contribution < 1.29 is 9.30 Å². The Labute approximate surface area is 102 Å². The molecule has 0 saturated heterocycles. The zero-order valence-corrected chi connectivity index (χ0v) is 10.8. The van der Waals surface area contributed by atoms with Gasteiger partial charge in [0.2, 0.25) is 5.69 Å². The van der Waals surface area contributed by atoms with Crippen LogP contribution in [0.4, 0.5) is 0 Å². The van der Waals surface area contributed by atoms with Crippen molar-refractivity contribution in [3.05, 3.63) is 47.7 Å². The van der Waals surface area contributed by atoms with Gasteiger partial charge in [-0.25, -0.2) is 4.57 Å². The Bertz CT molecular complexity index is 547. The highest BCUT2D eigenvalue weighted by atomic mass is 16.5. The molecule has 0 aliphatic heterocycles. The third-order valence-electron chi connectivity index (χ3n) is 3.08. The Morgan fingerprint density at radius 2 is 1.71 bits per heavy atom. The predicted molar refractivity (Wildman–Crippen MR) is 69.1 cm³/mol. The van der Waals surface area contributed by atoms with Gasteiger partial charge >= 0.3 is 0 Å². The molecule has 0 aliphatic carbocycles. The van der Waals surface area contributed by atoms with Crippen molar-refractivity contribution in [3.63, 3.8) is 0 Å². The van der Waals surface area contributed by atoms with E-state index in [1.54, 1.807) is 7.11 Å². The minimum absolute atomic E-state index is 0.965. The van der Waals surface area contributed by atoms with Gasteiger partial charge in [0.1, 0.15) is 12.8 Å². The van der Waals surface area contributed by atoms with Gasteiger partial charge in [0.25, 0.3) is 0 Å². The quantitative estimate of drug-likeness (QED) is 0.720. The van der Waals surface area contributed by atoms with E-state index in [1.165, 1.54) is 16.8 Å². The van der Waals surface area contributed by atoms with Crippen LogP contribution in [0.5, 0.6) is 5.75 Å². The fourth-order valence-electron chi connectivity index (χ4n) is 2.15. The minimum atomic E-state index is 0.965. The van der Waals surface area contributed by atoms with E-state index in [4.69, 9.17) is 4.74 Å². The molecule has 1 aromatic heterocycles. The van der Waals surface area contributed by atoms with Crippen LogP contribution in [-0.2, 0) is 7.05 Å². The number of aromatic nitrogens is 1. The lowest BCUT2D eigenvalue weighted by molar-refractivity contribution is -0.660. The molecule has 1 aromatic carbocycles. The summed E-state index contributed by atoms with van der Waals surface area (Å²) in [4.78, 5) is 0. The third kappa shape index (κ3) is 2.03. The molecule has 2 nitrogen and oxygen atoms in total. The molecule has 0 radical (unpaired) electrons. The maximum Gasteiger partial charge on any atom is 0.216 e. The molecule has 0 spiro atoms. The Balaban J connectivity index is 2.75. The van der Waals surface area contributed by atoms with Crippen molar-refractivity contribution in [1.82, 2.24) is 0 Å². The van der Waals surface area contributed by atoms with E-state index in [-0.39, 0.29) is 0 Å². The lowest BCUT2D eigenvalue weighted by Crippen LogP contribution is -2.30. The molecular formula is C15H18NO+. The Morgan fingerprint density at radius 3 is 2.35 bits per heavy atom. The van der Waals surface area contributed by atoms with Gasteiger partial charge in [-0.2, -0.15) is 0 Å². The van der Waals surface area contributed by atoms with Gasteiger partial charge in [-0.3, -0.25) is 0 Å². The number of ether oxygens (including phenoxy) is 1. The highest BCUT2D eigenvalue weighted by Gasteiger charge is 2.18. The summed E-state index contributed by atoms with van der Waals surface area (Å²) in [6.45, 7) is 4.19. The number of rotatable bonds is 2. The van der Waals surface area contributed by atoms with E-state index in [2.05, 4.69) is 55.9 Å². The fourth-order valence-corrected chi connectivity index (χ4v) is 2.15. The monoisotopic (exact) mass is 228 g/mol. The SMILES string of the molecule is COc1c(C)ccc(C)c1-c1cccc[n+]1C. The zero-order chi connectivity index (χ0) is 12.4. The molecule has 2 aromatic rings. The van der Waals surface area contributed by atoms with Crippen LogP contribution in [0, 0.1) is 13.8 Å². The smallest absolute Gasteiger partial charge is 0.216 e. The van der Waals surface area contributed by atoms with Crippen LogP contribution < -0.4 is 9.30 Å². The summed E-state index contributed by atoms with van der Waals surface area (Å²) in [5, 5.41) is 0. The first-order valence-corrected chi connectivity index (χ1v) is 5.74. The Hall–Kier alpha value is -1.83. The van der Waals surface area contributed by atoms with Crippen LogP contribution in [0.15, 0.2) is 36.5 Å². The molecule has 1 heterocycles. The highest BCUT2D eigenvalue weighted by Crippen LogP contribution is 2.33. The number of pyridine rings is 1. The molecular weight excluding hydrogens is 210 g/mol.